The predicted octanol–water partition coefficient (Wildman–Crippen LogP) is 5.03. The molecular weight excluding hydrogens is 352 g/mol. The van der Waals surface area contributed by atoms with Crippen molar-refractivity contribution in [2.24, 2.45) is 0 Å². The molecule has 0 heterocycles. The van der Waals surface area contributed by atoms with Gasteiger partial charge in [0, 0.05) is 16.5 Å². The second-order valence-corrected chi connectivity index (χ2v) is 5.28. The first-order valence-electron chi connectivity index (χ1n) is 5.92. The van der Waals surface area contributed by atoms with E-state index >= 15 is 0 Å². The molecule has 0 saturated heterocycles. The lowest BCUT2D eigenvalue weighted by atomic mass is 10.0. The quantitative estimate of drug-likeness (QED) is 0.554. The molecule has 0 saturated carbocycles. The molecule has 2 rings (SSSR count). The van der Waals surface area contributed by atoms with Gasteiger partial charge in [-0.25, -0.2) is 4.39 Å². The van der Waals surface area contributed by atoms with Gasteiger partial charge in [0.2, 0.25) is 0 Å². The van der Waals surface area contributed by atoms with Crippen molar-refractivity contribution in [2.75, 3.05) is 0 Å². The topological polar surface area (TPSA) is 17.1 Å². The minimum atomic E-state index is -4.55. The van der Waals surface area contributed by atoms with E-state index in [1.54, 1.807) is 6.07 Å². The van der Waals surface area contributed by atoms with Crippen LogP contribution >= 0.6 is 15.9 Å². The van der Waals surface area contributed by atoms with Crippen molar-refractivity contribution in [3.63, 3.8) is 0 Å². The van der Waals surface area contributed by atoms with Crippen LogP contribution in [0, 0.1) is 5.82 Å². The molecule has 21 heavy (non-hydrogen) atoms. The Hall–Kier alpha value is -1.69. The molecule has 110 valence electrons. The van der Waals surface area contributed by atoms with Crippen LogP contribution in [0.3, 0.4) is 0 Å². The third-order valence-electron chi connectivity index (χ3n) is 2.85. The van der Waals surface area contributed by atoms with Gasteiger partial charge in [-0.3, -0.25) is 4.79 Å². The number of carbonyl (C=O) groups is 1. The predicted molar refractivity (Wildman–Crippen MR) is 73.6 cm³/mol. The fraction of sp³-hybridized carbons (Fsp3) is 0.133. The van der Waals surface area contributed by atoms with E-state index in [4.69, 9.17) is 0 Å². The molecule has 0 bridgehead atoms. The molecule has 2 aromatic carbocycles. The Morgan fingerprint density at radius 3 is 2.43 bits per heavy atom. The van der Waals surface area contributed by atoms with Crippen molar-refractivity contribution in [2.45, 2.75) is 12.6 Å². The third kappa shape index (κ3) is 3.91. The summed E-state index contributed by atoms with van der Waals surface area (Å²) in [6.07, 6.45) is -4.70. The SMILES string of the molecule is O=C(Cc1cccc(F)c1)c1ccc(Br)c(C(F)(F)F)c1. The summed E-state index contributed by atoms with van der Waals surface area (Å²) in [4.78, 5) is 12.0. The Balaban J connectivity index is 2.28. The van der Waals surface area contributed by atoms with Crippen LogP contribution in [0.25, 0.3) is 0 Å². The van der Waals surface area contributed by atoms with Crippen LogP contribution in [0.4, 0.5) is 17.6 Å². The van der Waals surface area contributed by atoms with Gasteiger partial charge in [0.25, 0.3) is 0 Å². The van der Waals surface area contributed by atoms with Gasteiger partial charge < -0.3 is 0 Å². The van der Waals surface area contributed by atoms with Crippen LogP contribution in [0.15, 0.2) is 46.9 Å². The zero-order valence-electron chi connectivity index (χ0n) is 10.5. The standard InChI is InChI=1S/C15H9BrF4O/c16-13-5-4-10(8-12(13)15(18,19)20)14(21)7-9-2-1-3-11(17)6-9/h1-6,8H,7H2. The zero-order valence-corrected chi connectivity index (χ0v) is 12.1. The van der Waals surface area contributed by atoms with Crippen LogP contribution in [0.5, 0.6) is 0 Å². The van der Waals surface area contributed by atoms with Crippen LogP contribution in [0.2, 0.25) is 0 Å². The van der Waals surface area contributed by atoms with E-state index in [2.05, 4.69) is 15.9 Å². The van der Waals surface area contributed by atoms with Crippen LogP contribution < -0.4 is 0 Å². The monoisotopic (exact) mass is 360 g/mol. The third-order valence-corrected chi connectivity index (χ3v) is 3.54. The number of carbonyl (C=O) groups excluding carboxylic acids is 1. The molecule has 1 nitrogen and oxygen atoms in total. The summed E-state index contributed by atoms with van der Waals surface area (Å²) in [5, 5.41) is 0. The maximum absolute atomic E-state index is 13.0. The van der Waals surface area contributed by atoms with Gasteiger partial charge in [0.15, 0.2) is 5.78 Å². The molecule has 0 unspecified atom stereocenters. The number of Topliss-reactive ketones (excluding diaryl/α,β-unsaturated/α-hetero) is 1. The van der Waals surface area contributed by atoms with Crippen LogP contribution in [-0.4, -0.2) is 5.78 Å². The van der Waals surface area contributed by atoms with Crippen molar-refractivity contribution in [3.05, 3.63) is 69.4 Å². The summed E-state index contributed by atoms with van der Waals surface area (Å²) in [6, 6.07) is 8.69. The number of hydrogen-bond donors (Lipinski definition) is 0. The number of alkyl halides is 3. The molecule has 0 aliphatic rings. The maximum atomic E-state index is 13.0. The lowest BCUT2D eigenvalue weighted by Gasteiger charge is -2.10. The largest absolute Gasteiger partial charge is 0.417 e. The van der Waals surface area contributed by atoms with Crippen LogP contribution in [0.1, 0.15) is 21.5 Å². The summed E-state index contributed by atoms with van der Waals surface area (Å²) in [6.45, 7) is 0. The molecule has 0 radical (unpaired) electrons. The lowest BCUT2D eigenvalue weighted by Crippen LogP contribution is -2.10. The molecule has 0 amide bonds. The second kappa shape index (κ2) is 5.97. The van der Waals surface area contributed by atoms with Crippen molar-refractivity contribution < 1.29 is 22.4 Å². The van der Waals surface area contributed by atoms with Gasteiger partial charge in [-0.15, -0.1) is 0 Å². The van der Waals surface area contributed by atoms with E-state index in [-0.39, 0.29) is 16.5 Å². The van der Waals surface area contributed by atoms with Crippen molar-refractivity contribution in [1.29, 1.82) is 0 Å². The Bertz CT molecular complexity index is 680. The molecule has 0 N–H and O–H groups in total. The van der Waals surface area contributed by atoms with E-state index < -0.39 is 23.3 Å². The molecule has 0 aromatic heterocycles. The highest BCUT2D eigenvalue weighted by atomic mass is 79.9. The van der Waals surface area contributed by atoms with Gasteiger partial charge in [-0.1, -0.05) is 34.1 Å². The number of halogens is 5. The van der Waals surface area contributed by atoms with Crippen molar-refractivity contribution in [1.82, 2.24) is 0 Å². The first-order chi connectivity index (χ1) is 9.77. The smallest absolute Gasteiger partial charge is 0.294 e. The molecule has 2 aromatic rings. The first-order valence-corrected chi connectivity index (χ1v) is 6.71. The molecule has 0 aliphatic carbocycles. The minimum absolute atomic E-state index is 0.0604. The highest BCUT2D eigenvalue weighted by molar-refractivity contribution is 9.10. The van der Waals surface area contributed by atoms with E-state index in [9.17, 15) is 22.4 Å². The molecule has 6 heteroatoms. The average Bonchev–Trinajstić information content (AvgIpc) is 2.37. The number of hydrogen-bond acceptors (Lipinski definition) is 1. The zero-order chi connectivity index (χ0) is 15.6. The molecular formula is C15H9BrF4O. The highest BCUT2D eigenvalue weighted by Crippen LogP contribution is 2.35. The Kier molecular flexibility index (Phi) is 4.46. The highest BCUT2D eigenvalue weighted by Gasteiger charge is 2.33. The summed E-state index contributed by atoms with van der Waals surface area (Å²) in [7, 11) is 0. The number of rotatable bonds is 3. The molecule has 0 atom stereocenters. The van der Waals surface area contributed by atoms with Gasteiger partial charge in [-0.05, 0) is 29.8 Å². The van der Waals surface area contributed by atoms with E-state index in [0.29, 0.717) is 5.56 Å². The fourth-order valence-corrected chi connectivity index (χ4v) is 2.32. The Labute approximate surface area is 126 Å². The normalized spacial score (nSPS) is 11.5. The summed E-state index contributed by atoms with van der Waals surface area (Å²) in [5.74, 6) is -0.995. The molecule has 0 fully saturated rings. The summed E-state index contributed by atoms with van der Waals surface area (Å²) in [5.41, 5.74) is -0.557. The Morgan fingerprint density at radius 1 is 1.10 bits per heavy atom. The Morgan fingerprint density at radius 2 is 1.81 bits per heavy atom. The average molecular weight is 361 g/mol. The fourth-order valence-electron chi connectivity index (χ4n) is 1.85. The van der Waals surface area contributed by atoms with Crippen molar-refractivity contribution in [3.8, 4) is 0 Å². The van der Waals surface area contributed by atoms with E-state index in [0.717, 1.165) is 6.07 Å². The second-order valence-electron chi connectivity index (χ2n) is 4.42. The van der Waals surface area contributed by atoms with Gasteiger partial charge in [-0.2, -0.15) is 13.2 Å². The van der Waals surface area contributed by atoms with E-state index in [1.807, 2.05) is 0 Å². The minimum Gasteiger partial charge on any atom is -0.294 e. The molecule has 0 spiro atoms. The number of ketones is 1. The van der Waals surface area contributed by atoms with Gasteiger partial charge >= 0.3 is 6.18 Å². The summed E-state index contributed by atoms with van der Waals surface area (Å²) >= 11 is 2.81. The molecule has 0 aliphatic heterocycles. The first kappa shape index (κ1) is 15.7. The van der Waals surface area contributed by atoms with Gasteiger partial charge in [0.1, 0.15) is 5.82 Å². The van der Waals surface area contributed by atoms with Gasteiger partial charge in [0.05, 0.1) is 5.56 Å². The van der Waals surface area contributed by atoms with E-state index in [1.165, 1.54) is 30.3 Å². The van der Waals surface area contributed by atoms with Crippen LogP contribution in [-0.2, 0) is 12.6 Å². The maximum Gasteiger partial charge on any atom is 0.417 e. The number of benzene rings is 2. The summed E-state index contributed by atoms with van der Waals surface area (Å²) < 4.78 is 51.2. The lowest BCUT2D eigenvalue weighted by molar-refractivity contribution is -0.138. The van der Waals surface area contributed by atoms with Crippen molar-refractivity contribution >= 4 is 21.7 Å².